The van der Waals surface area contributed by atoms with Crippen molar-refractivity contribution in [2.24, 2.45) is 0 Å². The Morgan fingerprint density at radius 2 is 2.64 bits per heavy atom. The van der Waals surface area contributed by atoms with Gasteiger partial charge >= 0.3 is 0 Å². The molecule has 0 aliphatic carbocycles. The van der Waals surface area contributed by atoms with Crippen LogP contribution in [0, 0.1) is 0 Å². The molecule has 0 bridgehead atoms. The van der Waals surface area contributed by atoms with Crippen LogP contribution in [0.25, 0.3) is 0 Å². The van der Waals surface area contributed by atoms with E-state index >= 15 is 0 Å². The van der Waals surface area contributed by atoms with E-state index in [1.165, 1.54) is 0 Å². The minimum Gasteiger partial charge on any atom is -0.353 e. The molecule has 0 aromatic rings. The van der Waals surface area contributed by atoms with Crippen LogP contribution >= 0.6 is 0 Å². The van der Waals surface area contributed by atoms with E-state index in [0.29, 0.717) is 6.54 Å². The highest BCUT2D eigenvalue weighted by molar-refractivity contribution is 5.82. The molecule has 1 unspecified atom stereocenters. The molecule has 4 heteroatoms. The fraction of sp³-hybridized carbons (Fsp3) is 0.571. The number of carbonyl (C=O) groups excluding carboxylic acids is 1. The minimum atomic E-state index is -0.457. The number of rotatable bonds is 3. The number of nitrogens with one attached hydrogen (secondary N) is 2. The smallest absolute Gasteiger partial charge is 0.255 e. The molecule has 2 N–H and O–H groups in total. The van der Waals surface area contributed by atoms with Crippen LogP contribution < -0.4 is 10.8 Å². The highest BCUT2D eigenvalue weighted by Crippen LogP contribution is 1.97. The number of carbonyl (C=O) groups is 1. The molecule has 0 spiro atoms. The van der Waals surface area contributed by atoms with Crippen molar-refractivity contribution in [2.75, 3.05) is 6.54 Å². The van der Waals surface area contributed by atoms with Crippen LogP contribution in [0.15, 0.2) is 12.3 Å². The van der Waals surface area contributed by atoms with Crippen LogP contribution in [0.2, 0.25) is 0 Å². The quantitative estimate of drug-likeness (QED) is 0.601. The Kier molecular flexibility index (Phi) is 2.92. The number of hydrogen-bond acceptors (Lipinski definition) is 3. The van der Waals surface area contributed by atoms with Gasteiger partial charge in [-0.2, -0.15) is 0 Å². The molecule has 1 rings (SSSR count). The SMILES string of the molecule is CCCNC(=O)C1C=CNO1. The zero-order valence-corrected chi connectivity index (χ0v) is 6.46. The molecule has 0 radical (unpaired) electrons. The number of hydroxylamine groups is 1. The first-order chi connectivity index (χ1) is 5.34. The molecular weight excluding hydrogens is 144 g/mol. The summed E-state index contributed by atoms with van der Waals surface area (Å²) in [6.07, 6.45) is 3.76. The summed E-state index contributed by atoms with van der Waals surface area (Å²) in [7, 11) is 0. The zero-order chi connectivity index (χ0) is 8.10. The lowest BCUT2D eigenvalue weighted by atomic mass is 10.3. The average molecular weight is 156 g/mol. The molecule has 0 saturated carbocycles. The van der Waals surface area contributed by atoms with Crippen molar-refractivity contribution in [2.45, 2.75) is 19.4 Å². The maximum Gasteiger partial charge on any atom is 0.255 e. The summed E-state index contributed by atoms with van der Waals surface area (Å²) in [4.78, 5) is 15.9. The highest BCUT2D eigenvalue weighted by atomic mass is 16.7. The van der Waals surface area contributed by atoms with Crippen LogP contribution in [0.5, 0.6) is 0 Å². The van der Waals surface area contributed by atoms with Crippen LogP contribution in [-0.2, 0) is 9.63 Å². The first-order valence-electron chi connectivity index (χ1n) is 3.70. The monoisotopic (exact) mass is 156 g/mol. The first kappa shape index (κ1) is 8.07. The third kappa shape index (κ3) is 2.23. The second-order valence-corrected chi connectivity index (χ2v) is 2.31. The molecule has 0 saturated heterocycles. The van der Waals surface area contributed by atoms with Gasteiger partial charge in [-0.15, -0.1) is 0 Å². The summed E-state index contributed by atoms with van der Waals surface area (Å²) < 4.78 is 0. The van der Waals surface area contributed by atoms with Crippen LogP contribution in [0.4, 0.5) is 0 Å². The van der Waals surface area contributed by atoms with E-state index in [9.17, 15) is 4.79 Å². The van der Waals surface area contributed by atoms with Crippen molar-refractivity contribution >= 4 is 5.91 Å². The second kappa shape index (κ2) is 3.98. The molecule has 0 aromatic carbocycles. The number of hydrogen-bond donors (Lipinski definition) is 2. The molecule has 0 fully saturated rings. The normalized spacial score (nSPS) is 21.4. The summed E-state index contributed by atoms with van der Waals surface area (Å²) in [5.41, 5.74) is 2.49. The predicted molar refractivity (Wildman–Crippen MR) is 40.4 cm³/mol. The lowest BCUT2D eigenvalue weighted by Crippen LogP contribution is -2.35. The van der Waals surface area contributed by atoms with E-state index in [0.717, 1.165) is 6.42 Å². The molecule has 1 aliphatic rings. The average Bonchev–Trinajstić information content (AvgIpc) is 2.52. The second-order valence-electron chi connectivity index (χ2n) is 2.31. The Bertz CT molecular complexity index is 168. The third-order valence-corrected chi connectivity index (χ3v) is 1.34. The highest BCUT2D eigenvalue weighted by Gasteiger charge is 2.18. The standard InChI is InChI=1S/C7H12N2O2/c1-2-4-8-7(10)6-3-5-9-11-6/h3,5-6,9H,2,4H2,1H3,(H,8,10). The van der Waals surface area contributed by atoms with E-state index in [-0.39, 0.29) is 5.91 Å². The lowest BCUT2D eigenvalue weighted by Gasteiger charge is -2.06. The fourth-order valence-corrected chi connectivity index (χ4v) is 0.768. The van der Waals surface area contributed by atoms with E-state index in [2.05, 4.69) is 10.8 Å². The number of amides is 1. The Hall–Kier alpha value is -1.03. The molecular formula is C7H12N2O2. The van der Waals surface area contributed by atoms with E-state index < -0.39 is 6.10 Å². The van der Waals surface area contributed by atoms with Gasteiger partial charge < -0.3 is 5.32 Å². The Morgan fingerprint density at radius 1 is 1.82 bits per heavy atom. The Labute approximate surface area is 65.6 Å². The van der Waals surface area contributed by atoms with Crippen molar-refractivity contribution in [1.82, 2.24) is 10.8 Å². The van der Waals surface area contributed by atoms with Crippen LogP contribution in [0.1, 0.15) is 13.3 Å². The minimum absolute atomic E-state index is 0.0897. The molecule has 4 nitrogen and oxygen atoms in total. The van der Waals surface area contributed by atoms with Crippen molar-refractivity contribution in [3.8, 4) is 0 Å². The summed E-state index contributed by atoms with van der Waals surface area (Å²) >= 11 is 0. The van der Waals surface area contributed by atoms with Gasteiger partial charge in [0.15, 0.2) is 6.10 Å². The van der Waals surface area contributed by atoms with Gasteiger partial charge in [0.1, 0.15) is 0 Å². The van der Waals surface area contributed by atoms with Gasteiger partial charge in [0.25, 0.3) is 5.91 Å². The van der Waals surface area contributed by atoms with Gasteiger partial charge in [-0.25, -0.2) is 0 Å². The van der Waals surface area contributed by atoms with Crippen molar-refractivity contribution < 1.29 is 9.63 Å². The van der Waals surface area contributed by atoms with Crippen molar-refractivity contribution in [1.29, 1.82) is 0 Å². The van der Waals surface area contributed by atoms with Gasteiger partial charge in [0.2, 0.25) is 0 Å². The molecule has 1 atom stereocenters. The first-order valence-corrected chi connectivity index (χ1v) is 3.70. The third-order valence-electron chi connectivity index (χ3n) is 1.34. The Morgan fingerprint density at radius 3 is 3.18 bits per heavy atom. The lowest BCUT2D eigenvalue weighted by molar-refractivity contribution is -0.131. The fourth-order valence-electron chi connectivity index (χ4n) is 0.768. The summed E-state index contributed by atoms with van der Waals surface area (Å²) in [6.45, 7) is 2.70. The van der Waals surface area contributed by atoms with Crippen molar-refractivity contribution in [3.63, 3.8) is 0 Å². The zero-order valence-electron chi connectivity index (χ0n) is 6.46. The maximum absolute atomic E-state index is 11.1. The molecule has 0 aromatic heterocycles. The summed E-state index contributed by atoms with van der Waals surface area (Å²) in [6, 6.07) is 0. The van der Waals surface area contributed by atoms with Gasteiger partial charge in [0, 0.05) is 12.7 Å². The molecule has 1 heterocycles. The molecule has 11 heavy (non-hydrogen) atoms. The van der Waals surface area contributed by atoms with E-state index in [1.807, 2.05) is 6.92 Å². The van der Waals surface area contributed by atoms with E-state index in [4.69, 9.17) is 4.84 Å². The summed E-state index contributed by atoms with van der Waals surface area (Å²) in [5, 5.41) is 2.72. The Balaban J connectivity index is 2.23. The van der Waals surface area contributed by atoms with Gasteiger partial charge in [-0.1, -0.05) is 6.92 Å². The van der Waals surface area contributed by atoms with Gasteiger partial charge in [-0.3, -0.25) is 15.1 Å². The largest absolute Gasteiger partial charge is 0.353 e. The molecule has 1 aliphatic heterocycles. The van der Waals surface area contributed by atoms with Crippen LogP contribution in [0.3, 0.4) is 0 Å². The van der Waals surface area contributed by atoms with Crippen molar-refractivity contribution in [3.05, 3.63) is 12.3 Å². The van der Waals surface area contributed by atoms with E-state index in [1.54, 1.807) is 12.3 Å². The van der Waals surface area contributed by atoms with Gasteiger partial charge in [-0.05, 0) is 12.5 Å². The maximum atomic E-state index is 11.1. The molecule has 1 amide bonds. The van der Waals surface area contributed by atoms with Gasteiger partial charge in [0.05, 0.1) is 0 Å². The predicted octanol–water partition coefficient (Wildman–Crippen LogP) is -0.0703. The topological polar surface area (TPSA) is 50.4 Å². The summed E-state index contributed by atoms with van der Waals surface area (Å²) in [5.74, 6) is -0.0897. The van der Waals surface area contributed by atoms with Crippen LogP contribution in [-0.4, -0.2) is 18.6 Å². The molecule has 62 valence electrons.